The van der Waals surface area contributed by atoms with Crippen molar-refractivity contribution in [3.05, 3.63) is 0 Å². The van der Waals surface area contributed by atoms with Gasteiger partial charge in [0.2, 0.25) is 0 Å². The molecule has 0 aromatic heterocycles. The maximum absolute atomic E-state index is 12.4. The number of piperazine rings is 1. The molecule has 2 rings (SSSR count). The lowest BCUT2D eigenvalue weighted by atomic mass is 9.90. The van der Waals surface area contributed by atoms with Crippen LogP contribution in [-0.2, 0) is 4.74 Å². The van der Waals surface area contributed by atoms with Crippen molar-refractivity contribution >= 4 is 13.1 Å². The number of hydrogen-bond acceptors (Lipinski definition) is 3. The quantitative estimate of drug-likeness (QED) is 0.725. The van der Waals surface area contributed by atoms with Gasteiger partial charge in [-0.3, -0.25) is 0 Å². The minimum absolute atomic E-state index is 0.141. The van der Waals surface area contributed by atoms with E-state index < -0.39 is 25.1 Å². The van der Waals surface area contributed by atoms with Crippen LogP contribution in [0.5, 0.6) is 0 Å². The predicted octanol–water partition coefficient (Wildman–Crippen LogP) is 2.07. The van der Waals surface area contributed by atoms with Crippen LogP contribution in [0.2, 0.25) is 0 Å². The molecule has 0 spiro atoms. The van der Waals surface area contributed by atoms with Gasteiger partial charge in [-0.05, 0) is 33.6 Å². The molecule has 2 aliphatic rings. The van der Waals surface area contributed by atoms with Crippen LogP contribution in [0.1, 0.15) is 27.2 Å². The number of rotatable bonds is 2. The van der Waals surface area contributed by atoms with E-state index in [9.17, 15) is 17.7 Å². The molecule has 0 aromatic carbocycles. The van der Waals surface area contributed by atoms with E-state index in [1.165, 1.54) is 4.90 Å². The lowest BCUT2D eigenvalue weighted by Crippen LogP contribution is -2.52. The molecular formula is C11H19BF3N2O2-. The van der Waals surface area contributed by atoms with Crippen LogP contribution >= 0.6 is 0 Å². The van der Waals surface area contributed by atoms with Crippen LogP contribution in [0, 0.1) is 0 Å². The monoisotopic (exact) mass is 279 g/mol. The van der Waals surface area contributed by atoms with Gasteiger partial charge in [-0.25, -0.2) is 4.79 Å². The number of likely N-dealkylation sites (tertiary alicyclic amines) is 2. The van der Waals surface area contributed by atoms with E-state index in [2.05, 4.69) is 0 Å². The number of hydrogen-bond donors (Lipinski definition) is 0. The Morgan fingerprint density at radius 3 is 2.32 bits per heavy atom. The minimum atomic E-state index is -4.80. The van der Waals surface area contributed by atoms with Crippen molar-refractivity contribution in [2.75, 3.05) is 19.5 Å². The molecule has 0 aromatic rings. The molecule has 2 saturated heterocycles. The molecule has 0 aliphatic carbocycles. The Kier molecular flexibility index (Phi) is 3.49. The first-order chi connectivity index (χ1) is 8.55. The predicted molar refractivity (Wildman–Crippen MR) is 65.8 cm³/mol. The fourth-order valence-corrected chi connectivity index (χ4v) is 2.78. The largest absolute Gasteiger partial charge is 0.492 e. The zero-order chi connectivity index (χ0) is 14.4. The SMILES string of the molecule is CC(C)(C)OC(=O)N1C[C@H]2C[C@@H]1CN2C[B-](F)(F)F. The molecule has 110 valence electrons. The lowest BCUT2D eigenvalue weighted by Gasteiger charge is -2.37. The summed E-state index contributed by atoms with van der Waals surface area (Å²) in [7, 11) is 0. The molecule has 2 aliphatic heterocycles. The van der Waals surface area contributed by atoms with Crippen molar-refractivity contribution in [1.82, 2.24) is 9.80 Å². The number of carbonyl (C=O) groups is 1. The Balaban J connectivity index is 1.91. The average molecular weight is 279 g/mol. The van der Waals surface area contributed by atoms with Crippen molar-refractivity contribution in [3.63, 3.8) is 0 Å². The first-order valence-electron chi connectivity index (χ1n) is 6.50. The number of halogens is 3. The summed E-state index contributed by atoms with van der Waals surface area (Å²) in [6.07, 6.45) is -0.633. The second kappa shape index (κ2) is 4.57. The summed E-state index contributed by atoms with van der Waals surface area (Å²) < 4.78 is 42.5. The van der Waals surface area contributed by atoms with Crippen molar-refractivity contribution in [2.45, 2.75) is 44.9 Å². The molecule has 2 atom stereocenters. The van der Waals surface area contributed by atoms with Crippen LogP contribution in [0.4, 0.5) is 17.7 Å². The number of amides is 1. The molecule has 2 fully saturated rings. The van der Waals surface area contributed by atoms with Gasteiger partial charge in [0, 0.05) is 25.2 Å². The maximum atomic E-state index is 12.4. The summed E-state index contributed by atoms with van der Waals surface area (Å²) in [5.41, 5.74) is -0.576. The summed E-state index contributed by atoms with van der Waals surface area (Å²) in [6, 6.07) is -0.320. The zero-order valence-corrected chi connectivity index (χ0v) is 11.4. The Bertz CT molecular complexity index is 370. The van der Waals surface area contributed by atoms with Gasteiger partial charge in [-0.2, -0.15) is 0 Å². The Morgan fingerprint density at radius 2 is 1.89 bits per heavy atom. The van der Waals surface area contributed by atoms with E-state index in [1.54, 1.807) is 25.7 Å². The smallest absolute Gasteiger partial charge is 0.448 e. The number of nitrogens with zero attached hydrogens (tertiary/aromatic N) is 2. The summed E-state index contributed by atoms with van der Waals surface area (Å²) in [5.74, 6) is 0. The molecule has 19 heavy (non-hydrogen) atoms. The van der Waals surface area contributed by atoms with Crippen LogP contribution < -0.4 is 0 Å². The number of ether oxygens (including phenoxy) is 1. The average Bonchev–Trinajstić information content (AvgIpc) is 2.70. The summed E-state index contributed by atoms with van der Waals surface area (Å²) in [4.78, 5) is 14.9. The molecule has 0 N–H and O–H groups in total. The van der Waals surface area contributed by atoms with Gasteiger partial charge in [-0.1, -0.05) is 0 Å². The van der Waals surface area contributed by atoms with Gasteiger partial charge in [-0.15, -0.1) is 0 Å². The highest BCUT2D eigenvalue weighted by atomic mass is 19.4. The Labute approximate surface area is 110 Å². The van der Waals surface area contributed by atoms with Gasteiger partial charge >= 0.3 is 13.1 Å². The van der Waals surface area contributed by atoms with Crippen LogP contribution in [0.15, 0.2) is 0 Å². The molecule has 2 heterocycles. The maximum Gasteiger partial charge on any atom is 0.492 e. The summed E-state index contributed by atoms with van der Waals surface area (Å²) in [6.45, 7) is 1.16. The molecule has 0 saturated carbocycles. The molecule has 1 amide bonds. The third-order valence-corrected chi connectivity index (χ3v) is 3.42. The van der Waals surface area contributed by atoms with Gasteiger partial charge in [0.05, 0.1) is 0 Å². The van der Waals surface area contributed by atoms with E-state index in [0.717, 1.165) is 0 Å². The van der Waals surface area contributed by atoms with Crippen LogP contribution in [-0.4, -0.2) is 60.1 Å². The highest BCUT2D eigenvalue weighted by Crippen LogP contribution is 2.33. The molecule has 2 bridgehead atoms. The molecule has 8 heteroatoms. The number of fused-ring (bicyclic) bond motifs is 2. The van der Waals surface area contributed by atoms with Crippen molar-refractivity contribution in [1.29, 1.82) is 0 Å². The summed E-state index contributed by atoms with van der Waals surface area (Å²) in [5, 5.41) is 0. The number of carbonyl (C=O) groups excluding carboxylic acids is 1. The second-order valence-electron chi connectivity index (χ2n) is 6.34. The lowest BCUT2D eigenvalue weighted by molar-refractivity contribution is 0.0137. The van der Waals surface area contributed by atoms with Crippen molar-refractivity contribution in [2.24, 2.45) is 0 Å². The van der Waals surface area contributed by atoms with E-state index in [1.807, 2.05) is 0 Å². The molecule has 0 radical (unpaired) electrons. The topological polar surface area (TPSA) is 32.8 Å². The highest BCUT2D eigenvalue weighted by Gasteiger charge is 2.47. The van der Waals surface area contributed by atoms with E-state index in [4.69, 9.17) is 4.74 Å². The third-order valence-electron chi connectivity index (χ3n) is 3.42. The first kappa shape index (κ1) is 14.5. The van der Waals surface area contributed by atoms with Gasteiger partial charge in [0.15, 0.2) is 0 Å². The highest BCUT2D eigenvalue weighted by molar-refractivity contribution is 6.58. The fourth-order valence-electron chi connectivity index (χ4n) is 2.78. The van der Waals surface area contributed by atoms with Crippen LogP contribution in [0.3, 0.4) is 0 Å². The van der Waals surface area contributed by atoms with E-state index in [-0.39, 0.29) is 12.1 Å². The Hall–Kier alpha value is -0.915. The minimum Gasteiger partial charge on any atom is -0.448 e. The van der Waals surface area contributed by atoms with Gasteiger partial charge in [0.1, 0.15) is 5.60 Å². The molecular weight excluding hydrogens is 260 g/mol. The molecule has 4 nitrogen and oxygen atoms in total. The van der Waals surface area contributed by atoms with Crippen molar-refractivity contribution in [3.8, 4) is 0 Å². The van der Waals surface area contributed by atoms with Gasteiger partial charge in [0.25, 0.3) is 0 Å². The van der Waals surface area contributed by atoms with Gasteiger partial charge < -0.3 is 27.5 Å². The molecule has 0 unspecified atom stereocenters. The van der Waals surface area contributed by atoms with E-state index in [0.29, 0.717) is 19.5 Å². The zero-order valence-electron chi connectivity index (χ0n) is 11.4. The standard InChI is InChI=1S/C11H19BF3N2O2/c1-11(2,3)19-10(18)17-6-8-4-9(17)5-16(8)7-12(13,14)15/h8-9H,4-7H2,1-3H3/q-1/t8-,9-/m1/s1. The fraction of sp³-hybridized carbons (Fsp3) is 0.909. The Morgan fingerprint density at radius 1 is 1.26 bits per heavy atom. The summed E-state index contributed by atoms with van der Waals surface area (Å²) >= 11 is 0. The second-order valence-corrected chi connectivity index (χ2v) is 6.34. The first-order valence-corrected chi connectivity index (χ1v) is 6.50. The third kappa shape index (κ3) is 3.55. The van der Waals surface area contributed by atoms with Crippen molar-refractivity contribution < 1.29 is 22.5 Å². The van der Waals surface area contributed by atoms with Crippen LogP contribution in [0.25, 0.3) is 0 Å². The van der Waals surface area contributed by atoms with E-state index >= 15 is 0 Å². The normalized spacial score (nSPS) is 28.0.